The molecule has 4 rings (SSSR count). The zero-order valence-electron chi connectivity index (χ0n) is 15.6. The van der Waals surface area contributed by atoms with Gasteiger partial charge in [0.2, 0.25) is 0 Å². The molecule has 0 amide bonds. The highest BCUT2D eigenvalue weighted by Gasteiger charge is 2.24. The highest BCUT2D eigenvalue weighted by molar-refractivity contribution is 5.68. The molecule has 0 aromatic carbocycles. The number of ether oxygens (including phenoxy) is 1. The fourth-order valence-electron chi connectivity index (χ4n) is 3.86. The fourth-order valence-corrected chi connectivity index (χ4v) is 3.86. The van der Waals surface area contributed by atoms with Crippen molar-refractivity contribution in [3.63, 3.8) is 0 Å². The van der Waals surface area contributed by atoms with E-state index >= 15 is 0 Å². The van der Waals surface area contributed by atoms with E-state index in [0.29, 0.717) is 6.61 Å². The molecule has 1 aliphatic heterocycles. The van der Waals surface area contributed by atoms with Crippen molar-refractivity contribution in [2.75, 3.05) is 39.3 Å². The van der Waals surface area contributed by atoms with E-state index in [4.69, 9.17) is 4.74 Å². The third-order valence-electron chi connectivity index (χ3n) is 5.42. The average Bonchev–Trinajstić information content (AvgIpc) is 3.22. The zero-order valence-corrected chi connectivity index (χ0v) is 15.6. The van der Waals surface area contributed by atoms with E-state index in [-0.39, 0.29) is 28.9 Å². The predicted octanol–water partition coefficient (Wildman–Crippen LogP) is -0.716. The molecule has 10 nitrogen and oxygen atoms in total. The highest BCUT2D eigenvalue weighted by Crippen LogP contribution is 2.29. The van der Waals surface area contributed by atoms with Crippen LogP contribution in [0.4, 0.5) is 0 Å². The number of aromatic nitrogens is 5. The third-order valence-corrected chi connectivity index (χ3v) is 5.42. The number of nitrogens with one attached hydrogen (secondary N) is 1. The van der Waals surface area contributed by atoms with Gasteiger partial charge in [-0.25, -0.2) is 4.79 Å². The minimum atomic E-state index is -0.467. The highest BCUT2D eigenvalue weighted by atomic mass is 16.5. The molecule has 1 aliphatic carbocycles. The topological polar surface area (TPSA) is 107 Å². The van der Waals surface area contributed by atoms with Gasteiger partial charge in [0.1, 0.15) is 6.61 Å². The SMILES string of the molecule is Cn1c(=O)c2nc(OCCN3CCNCC3)nnc2n(C2CCCC2)c1=O. The first-order chi connectivity index (χ1) is 13.1. The summed E-state index contributed by atoms with van der Waals surface area (Å²) in [6, 6.07) is 0.119. The van der Waals surface area contributed by atoms with Crippen molar-refractivity contribution in [3.8, 4) is 6.01 Å². The summed E-state index contributed by atoms with van der Waals surface area (Å²) in [4.78, 5) is 31.7. The summed E-state index contributed by atoms with van der Waals surface area (Å²) < 4.78 is 8.30. The maximum absolute atomic E-state index is 12.6. The first-order valence-electron chi connectivity index (χ1n) is 9.57. The molecule has 0 unspecified atom stereocenters. The van der Waals surface area contributed by atoms with Gasteiger partial charge in [0.25, 0.3) is 5.56 Å². The minimum absolute atomic E-state index is 0.0439. The normalized spacial score (nSPS) is 19.0. The molecule has 0 atom stereocenters. The Bertz CT molecular complexity index is 926. The lowest BCUT2D eigenvalue weighted by Gasteiger charge is -2.26. The minimum Gasteiger partial charge on any atom is -0.461 e. The molecule has 2 aromatic rings. The number of hydrogen-bond acceptors (Lipinski definition) is 8. The summed E-state index contributed by atoms with van der Waals surface area (Å²) in [6.07, 6.45) is 3.93. The molecule has 0 bridgehead atoms. The molecule has 146 valence electrons. The molecule has 27 heavy (non-hydrogen) atoms. The second-order valence-electron chi connectivity index (χ2n) is 7.16. The van der Waals surface area contributed by atoms with Gasteiger partial charge in [-0.15, -0.1) is 5.10 Å². The van der Waals surface area contributed by atoms with Crippen molar-refractivity contribution in [1.82, 2.24) is 34.5 Å². The Kier molecular flexibility index (Phi) is 5.17. The zero-order chi connectivity index (χ0) is 18.8. The van der Waals surface area contributed by atoms with Gasteiger partial charge in [-0.05, 0) is 12.8 Å². The fraction of sp³-hybridized carbons (Fsp3) is 0.706. The van der Waals surface area contributed by atoms with Crippen molar-refractivity contribution < 1.29 is 4.74 Å². The van der Waals surface area contributed by atoms with E-state index in [2.05, 4.69) is 25.4 Å². The first-order valence-corrected chi connectivity index (χ1v) is 9.57. The average molecular weight is 375 g/mol. The maximum atomic E-state index is 12.6. The van der Waals surface area contributed by atoms with Crippen LogP contribution in [0.2, 0.25) is 0 Å². The molecule has 3 heterocycles. The Labute approximate surface area is 156 Å². The Morgan fingerprint density at radius 1 is 1.15 bits per heavy atom. The molecule has 1 saturated heterocycles. The molecule has 0 radical (unpaired) electrons. The van der Waals surface area contributed by atoms with E-state index in [1.165, 1.54) is 7.05 Å². The van der Waals surface area contributed by atoms with Gasteiger partial charge in [-0.1, -0.05) is 17.9 Å². The van der Waals surface area contributed by atoms with Crippen LogP contribution in [0.1, 0.15) is 31.7 Å². The summed E-state index contributed by atoms with van der Waals surface area (Å²) in [5.41, 5.74) is -0.436. The molecule has 10 heteroatoms. The van der Waals surface area contributed by atoms with Gasteiger partial charge in [0.15, 0.2) is 11.2 Å². The molecule has 1 N–H and O–H groups in total. The van der Waals surface area contributed by atoms with Crippen LogP contribution >= 0.6 is 0 Å². The summed E-state index contributed by atoms with van der Waals surface area (Å²) >= 11 is 0. The van der Waals surface area contributed by atoms with Gasteiger partial charge in [-0.3, -0.25) is 18.8 Å². The number of rotatable bonds is 5. The quantitative estimate of drug-likeness (QED) is 0.730. The van der Waals surface area contributed by atoms with Crippen molar-refractivity contribution in [2.45, 2.75) is 31.7 Å². The third kappa shape index (κ3) is 3.59. The summed E-state index contributed by atoms with van der Waals surface area (Å²) in [6.45, 7) is 5.10. The second kappa shape index (κ2) is 7.73. The smallest absolute Gasteiger partial charge is 0.336 e. The molecule has 2 aromatic heterocycles. The van der Waals surface area contributed by atoms with Crippen LogP contribution in [0.5, 0.6) is 6.01 Å². The van der Waals surface area contributed by atoms with E-state index in [1.807, 2.05) is 0 Å². The lowest BCUT2D eigenvalue weighted by atomic mass is 10.2. The van der Waals surface area contributed by atoms with Crippen LogP contribution in [0.3, 0.4) is 0 Å². The van der Waals surface area contributed by atoms with Crippen LogP contribution in [0, 0.1) is 0 Å². The number of hydrogen-bond donors (Lipinski definition) is 1. The molecular weight excluding hydrogens is 350 g/mol. The van der Waals surface area contributed by atoms with Gasteiger partial charge in [-0.2, -0.15) is 4.98 Å². The summed E-state index contributed by atoms with van der Waals surface area (Å²) in [5.74, 6) is 0. The lowest BCUT2D eigenvalue weighted by molar-refractivity contribution is 0.184. The molecule has 0 spiro atoms. The van der Waals surface area contributed by atoms with Crippen LogP contribution in [0.15, 0.2) is 9.59 Å². The Morgan fingerprint density at radius 2 is 1.89 bits per heavy atom. The maximum Gasteiger partial charge on any atom is 0.336 e. The van der Waals surface area contributed by atoms with Crippen molar-refractivity contribution in [1.29, 1.82) is 0 Å². The standard InChI is InChI=1S/C17H25N7O3/c1-22-15(25)13-14(24(17(22)26)12-4-2-3-5-12)20-21-16(19-13)27-11-10-23-8-6-18-7-9-23/h12,18H,2-11H2,1H3. The van der Waals surface area contributed by atoms with Gasteiger partial charge in [0, 0.05) is 45.8 Å². The van der Waals surface area contributed by atoms with Crippen LogP contribution in [-0.4, -0.2) is 68.5 Å². The Balaban J connectivity index is 1.59. The van der Waals surface area contributed by atoms with Crippen molar-refractivity contribution in [2.24, 2.45) is 7.05 Å². The second-order valence-corrected chi connectivity index (χ2v) is 7.16. The van der Waals surface area contributed by atoms with Gasteiger partial charge in [0.05, 0.1) is 0 Å². The monoisotopic (exact) mass is 375 g/mol. The van der Waals surface area contributed by atoms with Gasteiger partial charge < -0.3 is 10.1 Å². The number of fused-ring (bicyclic) bond motifs is 1. The molecule has 2 fully saturated rings. The first kappa shape index (κ1) is 18.1. The van der Waals surface area contributed by atoms with Crippen LogP contribution in [0.25, 0.3) is 11.2 Å². The van der Waals surface area contributed by atoms with E-state index in [1.54, 1.807) is 4.57 Å². The Morgan fingerprint density at radius 3 is 2.63 bits per heavy atom. The number of piperazine rings is 1. The van der Waals surface area contributed by atoms with Crippen molar-refractivity contribution in [3.05, 3.63) is 20.8 Å². The summed E-state index contributed by atoms with van der Waals surface area (Å²) in [5, 5.41) is 11.5. The molecule has 2 aliphatic rings. The van der Waals surface area contributed by atoms with E-state index in [9.17, 15) is 9.59 Å². The van der Waals surface area contributed by atoms with E-state index in [0.717, 1.165) is 63.0 Å². The molecular formula is C17H25N7O3. The lowest BCUT2D eigenvalue weighted by Crippen LogP contribution is -2.44. The van der Waals surface area contributed by atoms with Crippen molar-refractivity contribution >= 4 is 11.2 Å². The summed E-state index contributed by atoms with van der Waals surface area (Å²) in [7, 11) is 1.47. The van der Waals surface area contributed by atoms with Crippen LogP contribution in [-0.2, 0) is 7.05 Å². The Hall–Kier alpha value is -2.33. The largest absolute Gasteiger partial charge is 0.461 e. The predicted molar refractivity (Wildman–Crippen MR) is 99.1 cm³/mol. The van der Waals surface area contributed by atoms with E-state index < -0.39 is 5.56 Å². The number of nitrogens with zero attached hydrogens (tertiary/aromatic N) is 6. The van der Waals surface area contributed by atoms with Gasteiger partial charge >= 0.3 is 11.7 Å². The van der Waals surface area contributed by atoms with Crippen LogP contribution < -0.4 is 21.3 Å². The molecule has 1 saturated carbocycles.